The van der Waals surface area contributed by atoms with E-state index in [-0.39, 0.29) is 18.4 Å². The molecule has 0 aliphatic carbocycles. The zero-order valence-corrected chi connectivity index (χ0v) is 22.9. The first kappa shape index (κ1) is 25.2. The summed E-state index contributed by atoms with van der Waals surface area (Å²) in [6.45, 7) is 7.35. The lowest BCUT2D eigenvalue weighted by molar-refractivity contribution is -0.120. The number of hydrogen-bond acceptors (Lipinski definition) is 4. The molecule has 0 spiro atoms. The quantitative estimate of drug-likeness (QED) is 0.273. The van der Waals surface area contributed by atoms with E-state index in [2.05, 4.69) is 48.6 Å². The van der Waals surface area contributed by atoms with Gasteiger partial charge in [-0.15, -0.1) is 0 Å². The third-order valence-electron chi connectivity index (χ3n) is 7.20. The Morgan fingerprint density at radius 2 is 1.57 bits per heavy atom. The van der Waals surface area contributed by atoms with Crippen LogP contribution in [0.5, 0.6) is 0 Å². The summed E-state index contributed by atoms with van der Waals surface area (Å²) in [5.41, 5.74) is 8.72. The van der Waals surface area contributed by atoms with Gasteiger partial charge in [-0.05, 0) is 56.2 Å². The molecule has 0 aliphatic heterocycles. The number of carbonyl (C=O) groups is 2. The maximum absolute atomic E-state index is 13.1. The molecule has 7 nitrogen and oxygen atoms in total. The van der Waals surface area contributed by atoms with Crippen molar-refractivity contribution >= 4 is 50.6 Å². The Kier molecular flexibility index (Phi) is 6.27. The Bertz CT molecular complexity index is 1940. The number of carbonyl (C=O) groups excluding carboxylic acids is 2. The standard InChI is InChI=1S/C33H29N5O2/c1-20-10-13-24(14-11-20)32-26-7-5-6-8-27(26)33-35-28-18-25(15-16-29(28)38(33)36-32)34-31(40)19-37(23(4)39)30-17-21(2)9-12-22(30)3/h5-18H,19H2,1-4H3,(H,34,40). The van der Waals surface area contributed by atoms with Crippen LogP contribution in [0.15, 0.2) is 84.9 Å². The molecular formula is C33H29N5O2. The van der Waals surface area contributed by atoms with Crippen LogP contribution in [-0.4, -0.2) is 33.0 Å². The number of aromatic nitrogens is 3. The first-order valence-electron chi connectivity index (χ1n) is 13.2. The van der Waals surface area contributed by atoms with Crippen molar-refractivity contribution in [3.8, 4) is 11.3 Å². The van der Waals surface area contributed by atoms with Gasteiger partial charge in [0, 0.05) is 34.6 Å². The highest BCUT2D eigenvalue weighted by Crippen LogP contribution is 2.32. The number of aryl methyl sites for hydroxylation is 3. The van der Waals surface area contributed by atoms with Gasteiger partial charge in [0.1, 0.15) is 6.54 Å². The van der Waals surface area contributed by atoms with Crippen LogP contribution in [0.4, 0.5) is 11.4 Å². The van der Waals surface area contributed by atoms with E-state index in [1.165, 1.54) is 17.4 Å². The van der Waals surface area contributed by atoms with Gasteiger partial charge in [0.15, 0.2) is 5.65 Å². The summed E-state index contributed by atoms with van der Waals surface area (Å²) in [5, 5.41) is 9.98. The van der Waals surface area contributed by atoms with Crippen molar-refractivity contribution in [2.75, 3.05) is 16.8 Å². The maximum atomic E-state index is 13.1. The van der Waals surface area contributed by atoms with Gasteiger partial charge in [-0.25, -0.2) is 9.50 Å². The SMILES string of the molecule is CC(=O)N(CC(=O)Nc1ccc2c(c1)nc1c3ccccc3c(-c3ccc(C)cc3)nn21)c1cc(C)ccc1C. The molecule has 0 aliphatic rings. The van der Waals surface area contributed by atoms with E-state index >= 15 is 0 Å². The Morgan fingerprint density at radius 1 is 0.850 bits per heavy atom. The van der Waals surface area contributed by atoms with Gasteiger partial charge >= 0.3 is 0 Å². The molecule has 7 heteroatoms. The molecule has 4 aromatic carbocycles. The smallest absolute Gasteiger partial charge is 0.244 e. The molecule has 0 atom stereocenters. The predicted molar refractivity (Wildman–Crippen MR) is 161 cm³/mol. The van der Waals surface area contributed by atoms with Crippen LogP contribution in [0.3, 0.4) is 0 Å². The molecule has 0 saturated heterocycles. The van der Waals surface area contributed by atoms with Crippen LogP contribution in [0.1, 0.15) is 23.6 Å². The second-order valence-corrected chi connectivity index (χ2v) is 10.3. The molecule has 0 saturated carbocycles. The topological polar surface area (TPSA) is 79.6 Å². The molecule has 6 rings (SSSR count). The van der Waals surface area contributed by atoms with Crippen LogP contribution in [0.2, 0.25) is 0 Å². The van der Waals surface area contributed by atoms with Gasteiger partial charge in [-0.3, -0.25) is 9.59 Å². The van der Waals surface area contributed by atoms with Crippen LogP contribution in [0.25, 0.3) is 38.7 Å². The number of fused-ring (bicyclic) bond motifs is 5. The van der Waals surface area contributed by atoms with Gasteiger partial charge < -0.3 is 10.2 Å². The molecular weight excluding hydrogens is 498 g/mol. The second kappa shape index (κ2) is 9.93. The maximum Gasteiger partial charge on any atom is 0.244 e. The number of benzene rings is 4. The molecule has 0 unspecified atom stereocenters. The van der Waals surface area contributed by atoms with Crippen LogP contribution in [0, 0.1) is 20.8 Å². The Morgan fingerprint density at radius 3 is 2.33 bits per heavy atom. The minimum atomic E-state index is -0.288. The number of nitrogens with one attached hydrogen (secondary N) is 1. The summed E-state index contributed by atoms with van der Waals surface area (Å²) >= 11 is 0. The van der Waals surface area contributed by atoms with Crippen LogP contribution in [-0.2, 0) is 9.59 Å². The predicted octanol–water partition coefficient (Wildman–Crippen LogP) is 6.62. The molecule has 2 aromatic heterocycles. The lowest BCUT2D eigenvalue weighted by Gasteiger charge is -2.23. The highest BCUT2D eigenvalue weighted by atomic mass is 16.2. The Balaban J connectivity index is 1.36. The fourth-order valence-corrected chi connectivity index (χ4v) is 5.10. The van der Waals surface area contributed by atoms with Crippen molar-refractivity contribution < 1.29 is 9.59 Å². The van der Waals surface area contributed by atoms with Crippen LogP contribution < -0.4 is 10.2 Å². The summed E-state index contributed by atoms with van der Waals surface area (Å²) < 4.78 is 1.87. The molecule has 198 valence electrons. The fraction of sp³-hybridized carbons (Fsp3) is 0.152. The lowest BCUT2D eigenvalue weighted by atomic mass is 10.0. The molecule has 2 amide bonds. The molecule has 6 aromatic rings. The van der Waals surface area contributed by atoms with Gasteiger partial charge in [0.05, 0.1) is 16.7 Å². The largest absolute Gasteiger partial charge is 0.324 e. The Hall–Kier alpha value is -5.04. The van der Waals surface area contributed by atoms with E-state index in [1.54, 1.807) is 0 Å². The normalized spacial score (nSPS) is 11.3. The van der Waals surface area contributed by atoms with Gasteiger partial charge in [-0.1, -0.05) is 66.2 Å². The molecule has 0 bridgehead atoms. The summed E-state index contributed by atoms with van der Waals surface area (Å²) in [6.07, 6.45) is 0. The van der Waals surface area contributed by atoms with Crippen LogP contribution >= 0.6 is 0 Å². The van der Waals surface area contributed by atoms with Crippen molar-refractivity contribution in [3.05, 3.63) is 102 Å². The van der Waals surface area contributed by atoms with E-state index in [0.717, 1.165) is 55.5 Å². The monoisotopic (exact) mass is 527 g/mol. The van der Waals surface area contributed by atoms with E-state index < -0.39 is 0 Å². The number of anilines is 2. The summed E-state index contributed by atoms with van der Waals surface area (Å²) in [6, 6.07) is 28.0. The van der Waals surface area contributed by atoms with Gasteiger partial charge in [-0.2, -0.15) is 5.10 Å². The highest BCUT2D eigenvalue weighted by molar-refractivity contribution is 6.05. The molecule has 0 radical (unpaired) electrons. The minimum Gasteiger partial charge on any atom is -0.324 e. The number of rotatable bonds is 5. The number of imidazole rings is 1. The second-order valence-electron chi connectivity index (χ2n) is 10.3. The highest BCUT2D eigenvalue weighted by Gasteiger charge is 2.19. The van der Waals surface area contributed by atoms with Crippen molar-refractivity contribution in [2.24, 2.45) is 0 Å². The van der Waals surface area contributed by atoms with E-state index in [1.807, 2.05) is 66.9 Å². The molecule has 40 heavy (non-hydrogen) atoms. The minimum absolute atomic E-state index is 0.0884. The van der Waals surface area contributed by atoms with Crippen molar-refractivity contribution in [2.45, 2.75) is 27.7 Å². The average Bonchev–Trinajstić information content (AvgIpc) is 3.31. The third-order valence-corrected chi connectivity index (χ3v) is 7.20. The average molecular weight is 528 g/mol. The third kappa shape index (κ3) is 4.56. The Labute approximate surface area is 232 Å². The van der Waals surface area contributed by atoms with Crippen molar-refractivity contribution in [1.82, 2.24) is 14.6 Å². The van der Waals surface area contributed by atoms with Gasteiger partial charge in [0.2, 0.25) is 11.8 Å². The summed E-state index contributed by atoms with van der Waals surface area (Å²) in [4.78, 5) is 31.9. The fourth-order valence-electron chi connectivity index (χ4n) is 5.10. The first-order chi connectivity index (χ1) is 19.3. The van der Waals surface area contributed by atoms with E-state index in [4.69, 9.17) is 10.1 Å². The first-order valence-corrected chi connectivity index (χ1v) is 13.2. The van der Waals surface area contributed by atoms with Crippen molar-refractivity contribution in [1.29, 1.82) is 0 Å². The molecule has 2 heterocycles. The van der Waals surface area contributed by atoms with Crippen molar-refractivity contribution in [3.63, 3.8) is 0 Å². The lowest BCUT2D eigenvalue weighted by Crippen LogP contribution is -2.37. The van der Waals surface area contributed by atoms with E-state index in [0.29, 0.717) is 5.69 Å². The number of nitrogens with zero attached hydrogens (tertiary/aromatic N) is 4. The van der Waals surface area contributed by atoms with Gasteiger partial charge in [0.25, 0.3) is 0 Å². The number of amides is 2. The zero-order chi connectivity index (χ0) is 28.0. The molecule has 0 fully saturated rings. The number of hydrogen-bond donors (Lipinski definition) is 1. The zero-order valence-electron chi connectivity index (χ0n) is 22.9. The summed E-state index contributed by atoms with van der Waals surface area (Å²) in [7, 11) is 0. The summed E-state index contributed by atoms with van der Waals surface area (Å²) in [5.74, 6) is -0.480. The molecule has 1 N–H and O–H groups in total. The van der Waals surface area contributed by atoms with E-state index in [9.17, 15) is 9.59 Å².